The minimum absolute atomic E-state index is 0.173. The molecule has 4 nitrogen and oxygen atoms in total. The van der Waals surface area contributed by atoms with Crippen LogP contribution in [-0.4, -0.2) is 18.0 Å². The third-order valence-electron chi connectivity index (χ3n) is 5.60. The highest BCUT2D eigenvalue weighted by atomic mass is 32.1. The summed E-state index contributed by atoms with van der Waals surface area (Å²) in [6.07, 6.45) is 0.245. The Morgan fingerprint density at radius 2 is 1.94 bits per heavy atom. The second kappa shape index (κ2) is 10.5. The Hall–Kier alpha value is -3.07. The van der Waals surface area contributed by atoms with Crippen molar-refractivity contribution in [1.82, 2.24) is 4.90 Å². The highest BCUT2D eigenvalue weighted by Crippen LogP contribution is 2.29. The van der Waals surface area contributed by atoms with E-state index in [1.54, 1.807) is 6.92 Å². The van der Waals surface area contributed by atoms with Crippen molar-refractivity contribution in [3.05, 3.63) is 87.1 Å². The van der Waals surface area contributed by atoms with Crippen LogP contribution in [0.1, 0.15) is 46.4 Å². The predicted octanol–water partition coefficient (Wildman–Crippen LogP) is 5.51. The van der Waals surface area contributed by atoms with E-state index < -0.39 is 0 Å². The number of esters is 1. The number of carbonyl (C=O) groups is 1. The highest BCUT2D eigenvalue weighted by molar-refractivity contribution is 7.10. The fraction of sp³-hybridized carbons (Fsp3) is 0.296. The van der Waals surface area contributed by atoms with Crippen LogP contribution in [0.3, 0.4) is 0 Å². The molecule has 1 aliphatic rings. The molecule has 2 heterocycles. The van der Waals surface area contributed by atoms with E-state index in [1.165, 1.54) is 23.1 Å². The molecule has 1 aromatic heterocycles. The molecule has 5 heteroatoms. The van der Waals surface area contributed by atoms with Crippen molar-refractivity contribution in [3.8, 4) is 17.6 Å². The quantitative estimate of drug-likeness (QED) is 0.338. The summed E-state index contributed by atoms with van der Waals surface area (Å²) in [4.78, 5) is 15.6. The molecule has 1 atom stereocenters. The normalized spacial score (nSPS) is 13.7. The summed E-state index contributed by atoms with van der Waals surface area (Å²) in [6.45, 7) is 5.31. The van der Waals surface area contributed by atoms with E-state index in [0.29, 0.717) is 6.61 Å². The number of methoxy groups -OCH3 is 1. The van der Waals surface area contributed by atoms with Gasteiger partial charge in [-0.3, -0.25) is 9.69 Å². The molecule has 0 spiro atoms. The van der Waals surface area contributed by atoms with Gasteiger partial charge >= 0.3 is 5.97 Å². The zero-order valence-corrected chi connectivity index (χ0v) is 19.3. The lowest BCUT2D eigenvalue weighted by Gasteiger charge is -2.16. The average molecular weight is 446 g/mol. The van der Waals surface area contributed by atoms with Gasteiger partial charge in [0.2, 0.25) is 0 Å². The largest absolute Gasteiger partial charge is 0.489 e. The second-order valence-electron chi connectivity index (χ2n) is 7.92. The van der Waals surface area contributed by atoms with E-state index >= 15 is 0 Å². The topological polar surface area (TPSA) is 38.8 Å². The van der Waals surface area contributed by atoms with Crippen LogP contribution in [0.2, 0.25) is 0 Å². The molecular formula is C27H27NO3S. The van der Waals surface area contributed by atoms with Crippen LogP contribution in [0.25, 0.3) is 0 Å². The Kier molecular flexibility index (Phi) is 7.26. The molecule has 4 rings (SSSR count). The maximum absolute atomic E-state index is 11.7. The number of hydrogen-bond acceptors (Lipinski definition) is 5. The Bertz CT molecular complexity index is 1100. The summed E-state index contributed by atoms with van der Waals surface area (Å²) in [5.41, 5.74) is 4.91. The number of carbonyl (C=O) groups excluding carboxylic acids is 1. The molecule has 3 aromatic rings. The van der Waals surface area contributed by atoms with Gasteiger partial charge in [0.15, 0.2) is 0 Å². The van der Waals surface area contributed by atoms with Crippen molar-refractivity contribution in [1.29, 1.82) is 0 Å². The van der Waals surface area contributed by atoms with Gasteiger partial charge in [-0.1, -0.05) is 42.3 Å². The van der Waals surface area contributed by atoms with Crippen LogP contribution in [-0.2, 0) is 35.8 Å². The number of nitrogens with zero attached hydrogens (tertiary/aromatic N) is 1. The molecule has 0 bridgehead atoms. The zero-order chi connectivity index (χ0) is 22.3. The predicted molar refractivity (Wildman–Crippen MR) is 127 cm³/mol. The van der Waals surface area contributed by atoms with E-state index in [0.717, 1.165) is 36.5 Å². The molecule has 0 amide bonds. The molecule has 0 radical (unpaired) electrons. The molecule has 1 unspecified atom stereocenters. The first-order valence-electron chi connectivity index (χ1n) is 10.7. The van der Waals surface area contributed by atoms with Crippen molar-refractivity contribution in [2.75, 3.05) is 7.11 Å². The number of hydrogen-bond donors (Lipinski definition) is 0. The Morgan fingerprint density at radius 1 is 1.12 bits per heavy atom. The first-order chi connectivity index (χ1) is 15.6. The molecule has 164 valence electrons. The van der Waals surface area contributed by atoms with E-state index in [1.807, 2.05) is 35.6 Å². The fourth-order valence-corrected chi connectivity index (χ4v) is 4.91. The summed E-state index contributed by atoms with van der Waals surface area (Å²) < 4.78 is 10.8. The number of benzene rings is 2. The van der Waals surface area contributed by atoms with E-state index in [4.69, 9.17) is 9.47 Å². The SMILES string of the molecule is CC#CC(CC(=O)OC)c1ccc(OCc2cccc(CN3Cc4ccsc4C3)c2)cc1. The van der Waals surface area contributed by atoms with Crippen molar-refractivity contribution in [2.45, 2.75) is 45.5 Å². The van der Waals surface area contributed by atoms with Gasteiger partial charge in [0.1, 0.15) is 12.4 Å². The summed E-state index contributed by atoms with van der Waals surface area (Å²) >= 11 is 1.85. The lowest BCUT2D eigenvalue weighted by molar-refractivity contribution is -0.140. The minimum Gasteiger partial charge on any atom is -0.489 e. The van der Waals surface area contributed by atoms with Crippen LogP contribution in [0.5, 0.6) is 5.75 Å². The van der Waals surface area contributed by atoms with E-state index in [2.05, 4.69) is 52.5 Å². The zero-order valence-electron chi connectivity index (χ0n) is 18.5. The van der Waals surface area contributed by atoms with Crippen LogP contribution >= 0.6 is 11.3 Å². The third-order valence-corrected chi connectivity index (χ3v) is 6.55. The summed E-state index contributed by atoms with van der Waals surface area (Å²) in [5.74, 6) is 6.35. The van der Waals surface area contributed by atoms with Crippen LogP contribution in [0, 0.1) is 11.8 Å². The van der Waals surface area contributed by atoms with Crippen LogP contribution in [0.4, 0.5) is 0 Å². The van der Waals surface area contributed by atoms with Crippen molar-refractivity contribution >= 4 is 17.3 Å². The van der Waals surface area contributed by atoms with E-state index in [9.17, 15) is 4.79 Å². The van der Waals surface area contributed by atoms with Gasteiger partial charge in [0, 0.05) is 24.5 Å². The minimum atomic E-state index is -0.262. The molecule has 32 heavy (non-hydrogen) atoms. The molecule has 0 saturated carbocycles. The molecule has 2 aromatic carbocycles. The standard InChI is InChI=1S/C27H27NO3S/c1-3-5-23(15-27(29)30-2)22-8-10-25(11-9-22)31-19-21-7-4-6-20(14-21)16-28-17-24-12-13-32-26(24)18-28/h4,6-14,23H,15-19H2,1-2H3. The number of fused-ring (bicyclic) bond motifs is 1. The van der Waals surface area contributed by atoms with Crippen molar-refractivity contribution in [2.24, 2.45) is 0 Å². The van der Waals surface area contributed by atoms with Crippen LogP contribution in [0.15, 0.2) is 60.0 Å². The monoisotopic (exact) mass is 445 g/mol. The first-order valence-corrected chi connectivity index (χ1v) is 11.6. The summed E-state index contributed by atoms with van der Waals surface area (Å²) in [7, 11) is 1.40. The van der Waals surface area contributed by atoms with Gasteiger partial charge in [-0.25, -0.2) is 0 Å². The Morgan fingerprint density at radius 3 is 2.69 bits per heavy atom. The molecular weight excluding hydrogens is 418 g/mol. The van der Waals surface area contributed by atoms with Gasteiger partial charge in [-0.15, -0.1) is 17.3 Å². The van der Waals surface area contributed by atoms with Gasteiger partial charge in [-0.2, -0.15) is 0 Å². The van der Waals surface area contributed by atoms with Crippen molar-refractivity contribution < 1.29 is 14.3 Å². The maximum atomic E-state index is 11.7. The Balaban J connectivity index is 1.33. The number of thiophene rings is 1. The average Bonchev–Trinajstić information content (AvgIpc) is 3.40. The molecule has 0 aliphatic carbocycles. The van der Waals surface area contributed by atoms with Gasteiger partial charge in [-0.05, 0) is 52.8 Å². The molecule has 0 saturated heterocycles. The number of rotatable bonds is 8. The first kappa shape index (κ1) is 22.1. The lowest BCUT2D eigenvalue weighted by Crippen LogP contribution is -2.15. The molecule has 0 fully saturated rings. The second-order valence-corrected chi connectivity index (χ2v) is 8.92. The van der Waals surface area contributed by atoms with Crippen LogP contribution < -0.4 is 4.74 Å². The smallest absolute Gasteiger partial charge is 0.307 e. The lowest BCUT2D eigenvalue weighted by atomic mass is 9.96. The molecule has 1 aliphatic heterocycles. The fourth-order valence-electron chi connectivity index (χ4n) is 3.97. The third kappa shape index (κ3) is 5.59. The molecule has 0 N–H and O–H groups in total. The van der Waals surface area contributed by atoms with E-state index in [-0.39, 0.29) is 18.3 Å². The van der Waals surface area contributed by atoms with Gasteiger partial charge in [0.25, 0.3) is 0 Å². The van der Waals surface area contributed by atoms with Gasteiger partial charge in [0.05, 0.1) is 19.4 Å². The number of ether oxygens (including phenoxy) is 2. The maximum Gasteiger partial charge on any atom is 0.307 e. The summed E-state index contributed by atoms with van der Waals surface area (Å²) in [6, 6.07) is 18.6. The highest BCUT2D eigenvalue weighted by Gasteiger charge is 2.20. The van der Waals surface area contributed by atoms with Crippen molar-refractivity contribution in [3.63, 3.8) is 0 Å². The van der Waals surface area contributed by atoms with Gasteiger partial charge < -0.3 is 9.47 Å². The summed E-state index contributed by atoms with van der Waals surface area (Å²) in [5, 5.41) is 2.18. The Labute approximate surface area is 193 Å².